The van der Waals surface area contributed by atoms with Crippen LogP contribution < -0.4 is 5.32 Å². The lowest BCUT2D eigenvalue weighted by Gasteiger charge is -2.14. The second-order valence-corrected chi connectivity index (χ2v) is 10.1. The summed E-state index contributed by atoms with van der Waals surface area (Å²) in [5.74, 6) is -0.138. The van der Waals surface area contributed by atoms with Gasteiger partial charge in [0.15, 0.2) is 0 Å². The monoisotopic (exact) mass is 516 g/mol. The van der Waals surface area contributed by atoms with Crippen LogP contribution >= 0.6 is 35.0 Å². The minimum Gasteiger partial charge on any atom is -0.338 e. The van der Waals surface area contributed by atoms with Gasteiger partial charge in [0.2, 0.25) is 5.91 Å². The molecule has 35 heavy (non-hydrogen) atoms. The molecule has 0 saturated heterocycles. The Morgan fingerprint density at radius 1 is 0.829 bits per heavy atom. The Morgan fingerprint density at radius 2 is 1.51 bits per heavy atom. The first kappa shape index (κ1) is 23.6. The first-order valence-corrected chi connectivity index (χ1v) is 12.8. The van der Waals surface area contributed by atoms with Crippen molar-refractivity contribution in [1.82, 2.24) is 4.57 Å². The summed E-state index contributed by atoms with van der Waals surface area (Å²) in [5, 5.41) is 5.03. The van der Waals surface area contributed by atoms with Crippen molar-refractivity contribution in [2.75, 3.05) is 5.32 Å². The molecule has 0 saturated carbocycles. The number of carbonyl (C=O) groups is 1. The van der Waals surface area contributed by atoms with Crippen molar-refractivity contribution in [3.63, 3.8) is 0 Å². The molecule has 1 aromatic heterocycles. The van der Waals surface area contributed by atoms with Gasteiger partial charge in [-0.3, -0.25) is 4.79 Å². The number of nitrogens with zero attached hydrogens (tertiary/aromatic N) is 1. The number of hydrogen-bond donors (Lipinski definition) is 1. The van der Waals surface area contributed by atoms with Gasteiger partial charge >= 0.3 is 0 Å². The van der Waals surface area contributed by atoms with E-state index in [4.69, 9.17) is 23.2 Å². The Hall–Kier alpha value is -3.18. The van der Waals surface area contributed by atoms with E-state index in [2.05, 4.69) is 46.3 Å². The Kier molecular flexibility index (Phi) is 7.14. The van der Waals surface area contributed by atoms with Gasteiger partial charge in [-0.1, -0.05) is 102 Å². The zero-order valence-electron chi connectivity index (χ0n) is 18.7. The number of nitrogens with one attached hydrogen (secondary N) is 1. The molecule has 6 heteroatoms. The summed E-state index contributed by atoms with van der Waals surface area (Å²) >= 11 is 14.0. The first-order valence-electron chi connectivity index (χ1n) is 11.2. The van der Waals surface area contributed by atoms with Crippen molar-refractivity contribution in [2.45, 2.75) is 22.8 Å². The number of hydrogen-bond acceptors (Lipinski definition) is 2. The number of carbonyl (C=O) groups excluding carboxylic acids is 1. The van der Waals surface area contributed by atoms with E-state index in [-0.39, 0.29) is 12.3 Å². The summed E-state index contributed by atoms with van der Waals surface area (Å²) in [6.45, 7) is 0.668. The van der Waals surface area contributed by atoms with Crippen LogP contribution in [0.25, 0.3) is 10.9 Å². The van der Waals surface area contributed by atoms with Crippen LogP contribution in [0.3, 0.4) is 0 Å². The molecule has 1 heterocycles. The highest BCUT2D eigenvalue weighted by Gasteiger charge is 2.21. The highest BCUT2D eigenvalue weighted by atomic mass is 35.5. The van der Waals surface area contributed by atoms with Crippen LogP contribution in [-0.4, -0.2) is 10.5 Å². The molecular weight excluding hydrogens is 495 g/mol. The molecule has 1 N–H and O–H groups in total. The van der Waals surface area contributed by atoms with E-state index in [9.17, 15) is 4.79 Å². The van der Waals surface area contributed by atoms with Crippen molar-refractivity contribution in [3.05, 3.63) is 124 Å². The van der Waals surface area contributed by atoms with Crippen LogP contribution in [0.4, 0.5) is 5.69 Å². The molecule has 0 atom stereocenters. The summed E-state index contributed by atoms with van der Waals surface area (Å²) in [4.78, 5) is 15.5. The van der Waals surface area contributed by atoms with E-state index < -0.39 is 0 Å². The lowest BCUT2D eigenvalue weighted by atomic mass is 10.2. The number of aromatic nitrogens is 1. The van der Waals surface area contributed by atoms with Crippen LogP contribution in [0.1, 0.15) is 11.3 Å². The van der Waals surface area contributed by atoms with Crippen molar-refractivity contribution in [3.8, 4) is 0 Å². The summed E-state index contributed by atoms with van der Waals surface area (Å²) < 4.78 is 2.25. The van der Waals surface area contributed by atoms with Crippen molar-refractivity contribution >= 4 is 57.5 Å². The molecule has 3 nitrogen and oxygen atoms in total. The van der Waals surface area contributed by atoms with Crippen LogP contribution in [0.2, 0.25) is 10.0 Å². The Morgan fingerprint density at radius 3 is 2.26 bits per heavy atom. The van der Waals surface area contributed by atoms with Gasteiger partial charge in [0, 0.05) is 38.0 Å². The number of para-hydroxylation sites is 1. The van der Waals surface area contributed by atoms with Crippen molar-refractivity contribution < 1.29 is 4.79 Å². The summed E-state index contributed by atoms with van der Waals surface area (Å²) in [5.41, 5.74) is 3.78. The molecule has 0 radical (unpaired) electrons. The van der Waals surface area contributed by atoms with E-state index in [1.165, 1.54) is 5.56 Å². The fourth-order valence-electron chi connectivity index (χ4n) is 4.10. The molecule has 0 spiro atoms. The van der Waals surface area contributed by atoms with E-state index in [1.807, 2.05) is 48.5 Å². The minimum atomic E-state index is -0.138. The van der Waals surface area contributed by atoms with E-state index in [1.54, 1.807) is 30.0 Å². The molecule has 174 valence electrons. The average molecular weight is 517 g/mol. The van der Waals surface area contributed by atoms with Gasteiger partial charge < -0.3 is 9.88 Å². The number of benzene rings is 4. The summed E-state index contributed by atoms with van der Waals surface area (Å²) in [6.07, 6.45) is 0.204. The Balaban J connectivity index is 1.58. The van der Waals surface area contributed by atoms with Crippen LogP contribution in [-0.2, 0) is 17.8 Å². The van der Waals surface area contributed by atoms with Crippen LogP contribution in [0, 0.1) is 0 Å². The van der Waals surface area contributed by atoms with Crippen molar-refractivity contribution in [1.29, 1.82) is 0 Å². The molecule has 5 rings (SSSR count). The zero-order chi connectivity index (χ0) is 24.2. The second kappa shape index (κ2) is 10.6. The van der Waals surface area contributed by atoms with E-state index in [0.717, 1.165) is 26.4 Å². The maximum absolute atomic E-state index is 13.3. The number of fused-ring (bicyclic) bond motifs is 1. The summed E-state index contributed by atoms with van der Waals surface area (Å²) in [6, 6.07) is 33.9. The molecule has 1 amide bonds. The lowest BCUT2D eigenvalue weighted by molar-refractivity contribution is -0.115. The molecule has 0 unspecified atom stereocenters. The number of amides is 1. The smallest absolute Gasteiger partial charge is 0.230 e. The largest absolute Gasteiger partial charge is 0.338 e. The number of halogens is 2. The maximum Gasteiger partial charge on any atom is 0.230 e. The van der Waals surface area contributed by atoms with Gasteiger partial charge in [-0.05, 0) is 42.0 Å². The lowest BCUT2D eigenvalue weighted by Crippen LogP contribution is -2.18. The highest BCUT2D eigenvalue weighted by Crippen LogP contribution is 2.39. The van der Waals surface area contributed by atoms with E-state index >= 15 is 0 Å². The predicted octanol–water partition coefficient (Wildman–Crippen LogP) is 8.33. The summed E-state index contributed by atoms with van der Waals surface area (Å²) in [7, 11) is 0. The third kappa shape index (κ3) is 5.40. The molecule has 0 bridgehead atoms. The molecule has 5 aromatic rings. The molecule has 0 aliphatic carbocycles. The quantitative estimate of drug-likeness (QED) is 0.236. The Bertz CT molecular complexity index is 1400. The third-order valence-electron chi connectivity index (χ3n) is 5.71. The highest BCUT2D eigenvalue weighted by molar-refractivity contribution is 7.99. The fraction of sp³-hybridized carbons (Fsp3) is 0.0690. The van der Waals surface area contributed by atoms with Gasteiger partial charge in [-0.25, -0.2) is 0 Å². The fourth-order valence-corrected chi connectivity index (χ4v) is 5.67. The average Bonchev–Trinajstić information content (AvgIpc) is 3.14. The number of anilines is 1. The zero-order valence-corrected chi connectivity index (χ0v) is 21.1. The predicted molar refractivity (Wildman–Crippen MR) is 147 cm³/mol. The van der Waals surface area contributed by atoms with Gasteiger partial charge in [0.25, 0.3) is 0 Å². The first-order chi connectivity index (χ1) is 17.1. The topological polar surface area (TPSA) is 34.0 Å². The van der Waals surface area contributed by atoms with Crippen LogP contribution in [0.15, 0.2) is 113 Å². The Labute approximate surface area is 218 Å². The third-order valence-corrected chi connectivity index (χ3v) is 7.42. The molecule has 4 aromatic carbocycles. The normalized spacial score (nSPS) is 11.0. The molecule has 0 aliphatic heterocycles. The van der Waals surface area contributed by atoms with E-state index in [0.29, 0.717) is 22.3 Å². The van der Waals surface area contributed by atoms with Gasteiger partial charge in [0.1, 0.15) is 0 Å². The molecular formula is C29H22Cl2N2OS. The second-order valence-electron chi connectivity index (χ2n) is 8.13. The standard InChI is InChI=1S/C29H22Cl2N2OS/c30-21-15-16-25(24(31)17-21)32-28(34)18-27-29(35-22-11-5-2-6-12-22)23-13-7-8-14-26(23)33(27)19-20-9-3-1-4-10-20/h1-17H,18-19H2,(H,32,34). The van der Waals surface area contributed by atoms with Gasteiger partial charge in [-0.2, -0.15) is 0 Å². The van der Waals surface area contributed by atoms with Gasteiger partial charge in [-0.15, -0.1) is 0 Å². The molecule has 0 aliphatic rings. The molecule has 0 fully saturated rings. The number of rotatable bonds is 7. The van der Waals surface area contributed by atoms with Crippen molar-refractivity contribution in [2.24, 2.45) is 0 Å². The maximum atomic E-state index is 13.3. The van der Waals surface area contributed by atoms with Crippen LogP contribution in [0.5, 0.6) is 0 Å². The SMILES string of the molecule is O=C(Cc1c(Sc2ccccc2)c2ccccc2n1Cc1ccccc1)Nc1ccc(Cl)cc1Cl. The minimum absolute atomic E-state index is 0.138. The van der Waals surface area contributed by atoms with Gasteiger partial charge in [0.05, 0.1) is 17.1 Å².